The quantitative estimate of drug-likeness (QED) is 0.623. The van der Waals surface area contributed by atoms with Crippen molar-refractivity contribution in [3.05, 3.63) is 0 Å². The number of amides is 1. The summed E-state index contributed by atoms with van der Waals surface area (Å²) in [5.74, 6) is 0.229. The van der Waals surface area contributed by atoms with Gasteiger partial charge in [-0.25, -0.2) is 0 Å². The molecular weight excluding hydrogens is 206 g/mol. The molecule has 0 radical (unpaired) electrons. The number of fused-ring (bicyclic) bond motifs is 1. The Morgan fingerprint density at radius 3 is 2.56 bits per heavy atom. The molecule has 0 aromatic rings. The van der Waals surface area contributed by atoms with Crippen LogP contribution in [0.2, 0.25) is 0 Å². The van der Waals surface area contributed by atoms with Crippen LogP contribution in [0.1, 0.15) is 13.8 Å². The summed E-state index contributed by atoms with van der Waals surface area (Å²) in [6, 6.07) is 0.245. The monoisotopic (exact) mass is 221 g/mol. The van der Waals surface area contributed by atoms with E-state index in [2.05, 4.69) is 9.98 Å². The summed E-state index contributed by atoms with van der Waals surface area (Å²) in [7, 11) is 3.41. The Labute approximate surface area is 94.2 Å². The van der Waals surface area contributed by atoms with E-state index in [1.54, 1.807) is 0 Å². The van der Waals surface area contributed by atoms with Crippen LogP contribution in [0, 0.1) is 5.41 Å². The van der Waals surface area contributed by atoms with Gasteiger partial charge in [0.25, 0.3) is 5.91 Å². The number of rotatable bonds is 0. The molecule has 0 fully saturated rings. The minimum atomic E-state index is -0.249. The number of carbonyl (C=O) groups excluding carboxylic acids is 1. The summed E-state index contributed by atoms with van der Waals surface area (Å²) >= 11 is 0. The highest BCUT2D eigenvalue weighted by Crippen LogP contribution is 2.17. The van der Waals surface area contributed by atoms with E-state index >= 15 is 0 Å². The van der Waals surface area contributed by atoms with Gasteiger partial charge < -0.3 is 4.90 Å². The summed E-state index contributed by atoms with van der Waals surface area (Å²) in [5.41, 5.74) is 0.367. The van der Waals surface area contributed by atoms with E-state index in [-0.39, 0.29) is 24.0 Å². The molecular formula is C10H15N5O. The van der Waals surface area contributed by atoms with Crippen LogP contribution < -0.4 is 0 Å². The molecule has 6 heteroatoms. The fourth-order valence-electron chi connectivity index (χ4n) is 1.77. The first kappa shape index (κ1) is 10.8. The van der Waals surface area contributed by atoms with Crippen LogP contribution in [0.25, 0.3) is 0 Å². The number of guanidine groups is 1. The van der Waals surface area contributed by atoms with Crippen molar-refractivity contribution in [3.8, 4) is 0 Å². The van der Waals surface area contributed by atoms with Crippen LogP contribution >= 0.6 is 0 Å². The van der Waals surface area contributed by atoms with Crippen LogP contribution in [0.15, 0.2) is 9.98 Å². The van der Waals surface area contributed by atoms with Gasteiger partial charge in [0.2, 0.25) is 5.96 Å². The van der Waals surface area contributed by atoms with Gasteiger partial charge in [0, 0.05) is 20.1 Å². The van der Waals surface area contributed by atoms with Crippen molar-refractivity contribution < 1.29 is 4.79 Å². The van der Waals surface area contributed by atoms with Gasteiger partial charge >= 0.3 is 0 Å². The molecule has 1 amide bonds. The normalized spacial score (nSPS) is 30.0. The largest absolute Gasteiger partial charge is 0.353 e. The van der Waals surface area contributed by atoms with E-state index in [4.69, 9.17) is 5.41 Å². The Kier molecular flexibility index (Phi) is 2.29. The Bertz CT molecular complexity index is 425. The molecule has 0 aromatic heterocycles. The standard InChI is InChI=1S/C10H15N5O/c1-5-6(2)14(3)8-7(12-5)9(16)15(4)10(11)13-8/h5-6,11H,1-4H3. The lowest BCUT2D eigenvalue weighted by Gasteiger charge is -2.38. The Morgan fingerprint density at radius 2 is 1.94 bits per heavy atom. The van der Waals surface area contributed by atoms with Crippen molar-refractivity contribution in [1.82, 2.24) is 9.80 Å². The topological polar surface area (TPSA) is 72.1 Å². The second-order valence-corrected chi connectivity index (χ2v) is 4.19. The highest BCUT2D eigenvalue weighted by Gasteiger charge is 2.37. The van der Waals surface area contributed by atoms with Gasteiger partial charge in [-0.15, -0.1) is 0 Å². The fraction of sp³-hybridized carbons (Fsp3) is 0.600. The van der Waals surface area contributed by atoms with Gasteiger partial charge in [-0.2, -0.15) is 4.99 Å². The minimum Gasteiger partial charge on any atom is -0.353 e. The zero-order valence-corrected chi connectivity index (χ0v) is 9.85. The lowest BCUT2D eigenvalue weighted by Crippen LogP contribution is -2.57. The van der Waals surface area contributed by atoms with E-state index in [0.29, 0.717) is 11.5 Å². The predicted molar refractivity (Wildman–Crippen MR) is 62.1 cm³/mol. The third kappa shape index (κ3) is 1.33. The number of likely N-dealkylation sites (N-methyl/N-ethyl adjacent to an activating group) is 1. The highest BCUT2D eigenvalue weighted by molar-refractivity contribution is 6.69. The number of hydrogen-bond donors (Lipinski definition) is 1. The first-order valence-corrected chi connectivity index (χ1v) is 5.19. The molecule has 1 N–H and O–H groups in total. The van der Waals surface area contributed by atoms with Crippen LogP contribution in [-0.2, 0) is 4.79 Å². The van der Waals surface area contributed by atoms with E-state index in [1.807, 2.05) is 25.8 Å². The molecule has 0 aliphatic carbocycles. The molecule has 0 aromatic carbocycles. The molecule has 2 unspecified atom stereocenters. The summed E-state index contributed by atoms with van der Waals surface area (Å²) in [6.45, 7) is 4.00. The third-order valence-electron chi connectivity index (χ3n) is 3.22. The van der Waals surface area contributed by atoms with Crippen LogP contribution in [0.4, 0.5) is 0 Å². The molecule has 0 bridgehead atoms. The number of carbonyl (C=O) groups is 1. The molecule has 2 aliphatic heterocycles. The second kappa shape index (κ2) is 3.40. The number of amidine groups is 1. The van der Waals surface area contributed by atoms with Crippen molar-refractivity contribution in [2.75, 3.05) is 14.1 Å². The second-order valence-electron chi connectivity index (χ2n) is 4.19. The van der Waals surface area contributed by atoms with Crippen LogP contribution in [0.5, 0.6) is 0 Å². The van der Waals surface area contributed by atoms with Gasteiger partial charge in [0.1, 0.15) is 0 Å². The fourth-order valence-corrected chi connectivity index (χ4v) is 1.77. The maximum atomic E-state index is 11.9. The van der Waals surface area contributed by atoms with E-state index in [1.165, 1.54) is 11.9 Å². The molecule has 16 heavy (non-hydrogen) atoms. The van der Waals surface area contributed by atoms with Crippen molar-refractivity contribution in [1.29, 1.82) is 5.41 Å². The van der Waals surface area contributed by atoms with Gasteiger partial charge in [0.15, 0.2) is 11.5 Å². The van der Waals surface area contributed by atoms with Crippen molar-refractivity contribution >= 4 is 23.4 Å². The van der Waals surface area contributed by atoms with Crippen LogP contribution in [-0.4, -0.2) is 59.4 Å². The van der Waals surface area contributed by atoms with Crippen molar-refractivity contribution in [2.24, 2.45) is 9.98 Å². The zero-order valence-electron chi connectivity index (χ0n) is 9.85. The average Bonchev–Trinajstić information content (AvgIpc) is 2.25. The first-order valence-electron chi connectivity index (χ1n) is 5.19. The van der Waals surface area contributed by atoms with Gasteiger partial charge in [-0.1, -0.05) is 0 Å². The Hall–Kier alpha value is -1.72. The molecule has 2 aliphatic rings. The first-order chi connectivity index (χ1) is 7.43. The highest BCUT2D eigenvalue weighted by atomic mass is 16.2. The summed E-state index contributed by atoms with van der Waals surface area (Å²) in [4.78, 5) is 23.5. The van der Waals surface area contributed by atoms with Crippen molar-refractivity contribution in [2.45, 2.75) is 25.9 Å². The summed E-state index contributed by atoms with van der Waals surface area (Å²) in [6.07, 6.45) is 0. The average molecular weight is 221 g/mol. The van der Waals surface area contributed by atoms with Gasteiger partial charge in [-0.05, 0) is 13.8 Å². The molecule has 0 saturated heterocycles. The minimum absolute atomic E-state index is 0.0347. The zero-order chi connectivity index (χ0) is 12.0. The molecule has 2 atom stereocenters. The molecule has 2 heterocycles. The van der Waals surface area contributed by atoms with E-state index in [9.17, 15) is 4.79 Å². The summed E-state index contributed by atoms with van der Waals surface area (Å²) < 4.78 is 0. The smallest absolute Gasteiger partial charge is 0.282 e. The lowest BCUT2D eigenvalue weighted by atomic mass is 10.1. The van der Waals surface area contributed by atoms with Gasteiger partial charge in [0.05, 0.1) is 6.04 Å². The Balaban J connectivity index is 2.54. The molecule has 0 spiro atoms. The third-order valence-corrected chi connectivity index (χ3v) is 3.22. The molecule has 0 saturated carbocycles. The maximum Gasteiger partial charge on any atom is 0.282 e. The molecule has 86 valence electrons. The predicted octanol–water partition coefficient (Wildman–Crippen LogP) is -0.0449. The van der Waals surface area contributed by atoms with Gasteiger partial charge in [-0.3, -0.25) is 20.1 Å². The molecule has 6 nitrogen and oxygen atoms in total. The lowest BCUT2D eigenvalue weighted by molar-refractivity contribution is -0.119. The SMILES string of the molecule is CC1N=C2C(=O)N(C)C(=N)N=C2N(C)C1C. The number of nitrogens with zero attached hydrogens (tertiary/aromatic N) is 4. The molecule has 2 rings (SSSR count). The maximum absolute atomic E-state index is 11.9. The Morgan fingerprint density at radius 1 is 1.31 bits per heavy atom. The van der Waals surface area contributed by atoms with Crippen LogP contribution in [0.3, 0.4) is 0 Å². The number of hydrogen-bond acceptors (Lipinski definition) is 4. The van der Waals surface area contributed by atoms with Crippen molar-refractivity contribution in [3.63, 3.8) is 0 Å². The van der Waals surface area contributed by atoms with E-state index < -0.39 is 0 Å². The number of nitrogens with one attached hydrogen (secondary N) is 1. The van der Waals surface area contributed by atoms with E-state index in [0.717, 1.165) is 0 Å². The summed E-state index contributed by atoms with van der Waals surface area (Å²) in [5, 5.41) is 7.59. The number of aliphatic imine (C=N–C) groups is 2.